The van der Waals surface area contributed by atoms with Gasteiger partial charge in [-0.05, 0) is 37.0 Å². The highest BCUT2D eigenvalue weighted by molar-refractivity contribution is 5.65. The molecule has 2 fully saturated rings. The summed E-state index contributed by atoms with van der Waals surface area (Å²) in [7, 11) is 0. The SMILES string of the molecule is N#CC1(c2ccc(OCCCN3CCN(C(=O)O)CC3)cc2)CCOCC1. The Morgan fingerprint density at radius 2 is 1.85 bits per heavy atom. The van der Waals surface area contributed by atoms with Gasteiger partial charge in [-0.3, -0.25) is 4.90 Å². The van der Waals surface area contributed by atoms with Gasteiger partial charge in [-0.2, -0.15) is 5.26 Å². The first-order valence-electron chi connectivity index (χ1n) is 9.55. The highest BCUT2D eigenvalue weighted by Gasteiger charge is 2.34. The zero-order chi connectivity index (χ0) is 19.1. The van der Waals surface area contributed by atoms with E-state index in [2.05, 4.69) is 11.0 Å². The first kappa shape index (κ1) is 19.5. The molecule has 2 aliphatic heterocycles. The van der Waals surface area contributed by atoms with Crippen LogP contribution in [0.4, 0.5) is 4.79 Å². The Bertz CT molecular complexity index is 657. The van der Waals surface area contributed by atoms with E-state index in [0.717, 1.165) is 50.2 Å². The monoisotopic (exact) mass is 373 g/mol. The normalized spacial score (nSPS) is 20.0. The van der Waals surface area contributed by atoms with Crippen molar-refractivity contribution in [2.75, 3.05) is 52.5 Å². The van der Waals surface area contributed by atoms with Crippen LogP contribution in [0.25, 0.3) is 0 Å². The van der Waals surface area contributed by atoms with Crippen molar-refractivity contribution >= 4 is 6.09 Å². The number of hydrogen-bond donors (Lipinski definition) is 1. The number of carboxylic acid groups (broad SMARTS) is 1. The molecular weight excluding hydrogens is 346 g/mol. The highest BCUT2D eigenvalue weighted by Crippen LogP contribution is 2.34. The second kappa shape index (κ2) is 9.07. The molecule has 1 aromatic carbocycles. The maximum absolute atomic E-state index is 10.9. The topological polar surface area (TPSA) is 86.0 Å². The number of carbonyl (C=O) groups is 1. The first-order chi connectivity index (χ1) is 13.1. The number of nitriles is 1. The van der Waals surface area contributed by atoms with Gasteiger partial charge in [0.15, 0.2) is 0 Å². The number of benzene rings is 1. The van der Waals surface area contributed by atoms with Crippen molar-refractivity contribution in [1.29, 1.82) is 5.26 Å². The molecule has 0 aliphatic carbocycles. The van der Waals surface area contributed by atoms with E-state index in [1.807, 2.05) is 24.3 Å². The third kappa shape index (κ3) is 4.90. The molecule has 2 aliphatic rings. The molecule has 2 heterocycles. The van der Waals surface area contributed by atoms with E-state index in [4.69, 9.17) is 14.6 Å². The molecule has 1 N–H and O–H groups in total. The van der Waals surface area contributed by atoms with Gasteiger partial charge < -0.3 is 19.5 Å². The summed E-state index contributed by atoms with van der Waals surface area (Å²) in [6, 6.07) is 10.4. The number of hydrogen-bond acceptors (Lipinski definition) is 5. The molecule has 0 saturated carbocycles. The van der Waals surface area contributed by atoms with Crippen LogP contribution in [0.1, 0.15) is 24.8 Å². The van der Waals surface area contributed by atoms with Gasteiger partial charge in [0.25, 0.3) is 0 Å². The second-order valence-corrected chi connectivity index (χ2v) is 7.14. The average Bonchev–Trinajstić information content (AvgIpc) is 2.72. The minimum atomic E-state index is -0.833. The Kier molecular flexibility index (Phi) is 6.54. The number of nitrogens with zero attached hydrogens (tertiary/aromatic N) is 3. The summed E-state index contributed by atoms with van der Waals surface area (Å²) < 4.78 is 11.2. The van der Waals surface area contributed by atoms with Gasteiger partial charge in [0.05, 0.1) is 18.1 Å². The molecule has 27 heavy (non-hydrogen) atoms. The van der Waals surface area contributed by atoms with Crippen LogP contribution in [0.15, 0.2) is 24.3 Å². The second-order valence-electron chi connectivity index (χ2n) is 7.14. The number of piperazine rings is 1. The van der Waals surface area contributed by atoms with Crippen molar-refractivity contribution < 1.29 is 19.4 Å². The maximum atomic E-state index is 10.9. The fourth-order valence-electron chi connectivity index (χ4n) is 3.70. The van der Waals surface area contributed by atoms with Crippen LogP contribution in [0.3, 0.4) is 0 Å². The molecule has 3 rings (SSSR count). The van der Waals surface area contributed by atoms with Crippen molar-refractivity contribution in [3.8, 4) is 11.8 Å². The lowest BCUT2D eigenvalue weighted by Crippen LogP contribution is -2.48. The Morgan fingerprint density at radius 1 is 1.19 bits per heavy atom. The third-order valence-electron chi connectivity index (χ3n) is 5.50. The summed E-state index contributed by atoms with van der Waals surface area (Å²) >= 11 is 0. The van der Waals surface area contributed by atoms with Crippen LogP contribution in [-0.2, 0) is 10.2 Å². The van der Waals surface area contributed by atoms with Crippen LogP contribution >= 0.6 is 0 Å². The summed E-state index contributed by atoms with van der Waals surface area (Å²) in [5, 5.41) is 18.6. The van der Waals surface area contributed by atoms with Gasteiger partial charge in [-0.25, -0.2) is 4.79 Å². The smallest absolute Gasteiger partial charge is 0.407 e. The summed E-state index contributed by atoms with van der Waals surface area (Å²) in [5.41, 5.74) is 0.603. The largest absolute Gasteiger partial charge is 0.494 e. The average molecular weight is 373 g/mol. The van der Waals surface area contributed by atoms with Gasteiger partial charge in [0.2, 0.25) is 0 Å². The Morgan fingerprint density at radius 3 is 2.44 bits per heavy atom. The lowest BCUT2D eigenvalue weighted by molar-refractivity contribution is 0.0675. The zero-order valence-electron chi connectivity index (χ0n) is 15.6. The molecule has 2 saturated heterocycles. The van der Waals surface area contributed by atoms with Crippen LogP contribution in [0, 0.1) is 11.3 Å². The van der Waals surface area contributed by atoms with E-state index in [9.17, 15) is 10.1 Å². The molecule has 146 valence electrons. The van der Waals surface area contributed by atoms with Crippen LogP contribution < -0.4 is 4.74 Å². The van der Waals surface area contributed by atoms with Gasteiger partial charge in [0.1, 0.15) is 5.75 Å². The summed E-state index contributed by atoms with van der Waals surface area (Å²) in [4.78, 5) is 14.6. The quantitative estimate of drug-likeness (QED) is 0.770. The summed E-state index contributed by atoms with van der Waals surface area (Å²) in [6.45, 7) is 5.49. The van der Waals surface area contributed by atoms with E-state index >= 15 is 0 Å². The van der Waals surface area contributed by atoms with Crippen LogP contribution in [-0.4, -0.2) is 73.5 Å². The Labute approximate surface area is 160 Å². The lowest BCUT2D eigenvalue weighted by atomic mass is 9.75. The molecule has 0 unspecified atom stereocenters. The van der Waals surface area contributed by atoms with Gasteiger partial charge in [0, 0.05) is 45.9 Å². The summed E-state index contributed by atoms with van der Waals surface area (Å²) in [5.74, 6) is 0.814. The summed E-state index contributed by atoms with van der Waals surface area (Å²) in [6.07, 6.45) is 1.53. The molecular formula is C20H27N3O4. The van der Waals surface area contributed by atoms with E-state index in [1.54, 1.807) is 0 Å². The van der Waals surface area contributed by atoms with E-state index in [-0.39, 0.29) is 0 Å². The van der Waals surface area contributed by atoms with E-state index < -0.39 is 11.5 Å². The number of rotatable bonds is 6. The van der Waals surface area contributed by atoms with Crippen LogP contribution in [0.2, 0.25) is 0 Å². The molecule has 0 bridgehead atoms. The van der Waals surface area contributed by atoms with Gasteiger partial charge in [-0.15, -0.1) is 0 Å². The molecule has 7 heteroatoms. The molecule has 0 aromatic heterocycles. The minimum absolute atomic E-state index is 0.436. The predicted octanol–water partition coefficient (Wildman–Crippen LogP) is 2.32. The minimum Gasteiger partial charge on any atom is -0.494 e. The van der Waals surface area contributed by atoms with Crippen molar-refractivity contribution in [3.63, 3.8) is 0 Å². The number of amides is 1. The molecule has 0 radical (unpaired) electrons. The van der Waals surface area contributed by atoms with Crippen molar-refractivity contribution in [1.82, 2.24) is 9.80 Å². The molecule has 1 amide bonds. The molecule has 0 atom stereocenters. The standard InChI is InChI=1S/C20H27N3O4/c21-16-20(6-14-26-15-7-20)17-2-4-18(5-3-17)27-13-1-8-22-9-11-23(12-10-22)19(24)25/h2-5H,1,6-15H2,(H,24,25). The Hall–Kier alpha value is -2.30. The van der Waals surface area contributed by atoms with Crippen molar-refractivity contribution in [3.05, 3.63) is 29.8 Å². The van der Waals surface area contributed by atoms with E-state index in [1.165, 1.54) is 4.90 Å². The highest BCUT2D eigenvalue weighted by atomic mass is 16.5. The number of ether oxygens (including phenoxy) is 2. The predicted molar refractivity (Wildman–Crippen MR) is 99.9 cm³/mol. The fraction of sp³-hybridized carbons (Fsp3) is 0.600. The van der Waals surface area contributed by atoms with Gasteiger partial charge >= 0.3 is 6.09 Å². The van der Waals surface area contributed by atoms with Gasteiger partial charge in [-0.1, -0.05) is 12.1 Å². The third-order valence-corrected chi connectivity index (χ3v) is 5.50. The van der Waals surface area contributed by atoms with Crippen molar-refractivity contribution in [2.24, 2.45) is 0 Å². The lowest BCUT2D eigenvalue weighted by Gasteiger charge is -2.33. The molecule has 1 aromatic rings. The first-order valence-corrected chi connectivity index (χ1v) is 9.55. The van der Waals surface area contributed by atoms with Crippen LogP contribution in [0.5, 0.6) is 5.75 Å². The molecule has 7 nitrogen and oxygen atoms in total. The maximum Gasteiger partial charge on any atom is 0.407 e. The zero-order valence-corrected chi connectivity index (χ0v) is 15.6. The van der Waals surface area contributed by atoms with E-state index in [0.29, 0.717) is 32.9 Å². The molecule has 0 spiro atoms. The Balaban J connectivity index is 1.41. The van der Waals surface area contributed by atoms with Crippen molar-refractivity contribution in [2.45, 2.75) is 24.7 Å². The fourth-order valence-corrected chi connectivity index (χ4v) is 3.70.